The number of rotatable bonds is 3. The van der Waals surface area contributed by atoms with E-state index in [9.17, 15) is 13.2 Å². The molecule has 0 aliphatic rings. The smallest absolute Gasteiger partial charge is 0.408 e. The molecule has 0 amide bonds. The fourth-order valence-electron chi connectivity index (χ4n) is 1.86. The average Bonchev–Trinajstić information content (AvgIpc) is 2.77. The van der Waals surface area contributed by atoms with Crippen molar-refractivity contribution in [3.8, 4) is 0 Å². The number of anilines is 1. The lowest BCUT2D eigenvalue weighted by atomic mass is 10.3. The van der Waals surface area contributed by atoms with Gasteiger partial charge >= 0.3 is 5.76 Å². The van der Waals surface area contributed by atoms with E-state index >= 15 is 0 Å². The van der Waals surface area contributed by atoms with Crippen molar-refractivity contribution in [3.63, 3.8) is 0 Å². The SMILES string of the molecule is O=c1[nH]c2cc(NS(=O)(=O)c3cccc(Br)c3)ccc2o1. The molecule has 6 nitrogen and oxygen atoms in total. The van der Waals surface area contributed by atoms with Gasteiger partial charge < -0.3 is 4.42 Å². The molecule has 0 saturated carbocycles. The van der Waals surface area contributed by atoms with Gasteiger partial charge in [0.05, 0.1) is 16.1 Å². The number of fused-ring (bicyclic) bond motifs is 1. The maximum Gasteiger partial charge on any atom is 0.417 e. The van der Waals surface area contributed by atoms with E-state index < -0.39 is 15.8 Å². The average molecular weight is 369 g/mol. The van der Waals surface area contributed by atoms with Gasteiger partial charge in [0.2, 0.25) is 0 Å². The summed E-state index contributed by atoms with van der Waals surface area (Å²) in [5, 5.41) is 0. The molecular formula is C13H9BrN2O4S. The largest absolute Gasteiger partial charge is 0.417 e. The fourth-order valence-corrected chi connectivity index (χ4v) is 3.51. The van der Waals surface area contributed by atoms with Crippen molar-refractivity contribution in [1.29, 1.82) is 0 Å². The molecule has 21 heavy (non-hydrogen) atoms. The van der Waals surface area contributed by atoms with Gasteiger partial charge in [-0.3, -0.25) is 9.71 Å². The number of aromatic amines is 1. The first-order chi connectivity index (χ1) is 9.94. The number of hydrogen-bond acceptors (Lipinski definition) is 4. The van der Waals surface area contributed by atoms with Gasteiger partial charge in [-0.25, -0.2) is 13.2 Å². The second-order valence-electron chi connectivity index (χ2n) is 4.29. The van der Waals surface area contributed by atoms with Crippen molar-refractivity contribution in [2.75, 3.05) is 4.72 Å². The van der Waals surface area contributed by atoms with Crippen molar-refractivity contribution in [3.05, 3.63) is 57.5 Å². The first kappa shape index (κ1) is 13.9. The van der Waals surface area contributed by atoms with Crippen molar-refractivity contribution in [2.24, 2.45) is 0 Å². The maximum absolute atomic E-state index is 12.3. The molecule has 0 saturated heterocycles. The predicted molar refractivity (Wildman–Crippen MR) is 81.8 cm³/mol. The number of halogens is 1. The number of nitrogens with one attached hydrogen (secondary N) is 2. The van der Waals surface area contributed by atoms with Crippen LogP contribution in [0.1, 0.15) is 0 Å². The van der Waals surface area contributed by atoms with Crippen molar-refractivity contribution < 1.29 is 12.8 Å². The third kappa shape index (κ3) is 2.86. The molecule has 2 N–H and O–H groups in total. The summed E-state index contributed by atoms with van der Waals surface area (Å²) in [5.74, 6) is -0.586. The second-order valence-corrected chi connectivity index (χ2v) is 6.89. The Morgan fingerprint density at radius 2 is 1.95 bits per heavy atom. The van der Waals surface area contributed by atoms with Gasteiger partial charge in [-0.05, 0) is 36.4 Å². The van der Waals surface area contributed by atoms with Crippen LogP contribution < -0.4 is 10.5 Å². The van der Waals surface area contributed by atoms with E-state index in [1.165, 1.54) is 30.3 Å². The zero-order chi connectivity index (χ0) is 15.0. The van der Waals surface area contributed by atoms with Gasteiger partial charge in [0.25, 0.3) is 10.0 Å². The molecule has 3 aromatic rings. The molecule has 1 heterocycles. The molecular weight excluding hydrogens is 360 g/mol. The van der Waals surface area contributed by atoms with Crippen LogP contribution in [0.5, 0.6) is 0 Å². The first-order valence-corrected chi connectivity index (χ1v) is 8.13. The lowest BCUT2D eigenvalue weighted by Gasteiger charge is -2.08. The summed E-state index contributed by atoms with van der Waals surface area (Å²) in [6.45, 7) is 0. The van der Waals surface area contributed by atoms with Crippen LogP contribution in [0, 0.1) is 0 Å². The molecule has 3 rings (SSSR count). The molecule has 2 aromatic carbocycles. The van der Waals surface area contributed by atoms with Gasteiger partial charge in [-0.15, -0.1) is 0 Å². The Balaban J connectivity index is 1.98. The third-order valence-corrected chi connectivity index (χ3v) is 4.65. The Morgan fingerprint density at radius 3 is 2.71 bits per heavy atom. The van der Waals surface area contributed by atoms with E-state index in [0.29, 0.717) is 21.3 Å². The van der Waals surface area contributed by atoms with Crippen LogP contribution in [-0.2, 0) is 10.0 Å². The molecule has 108 valence electrons. The van der Waals surface area contributed by atoms with Crippen LogP contribution in [0.4, 0.5) is 5.69 Å². The van der Waals surface area contributed by atoms with Crippen LogP contribution in [0.3, 0.4) is 0 Å². The van der Waals surface area contributed by atoms with Gasteiger partial charge in [0.15, 0.2) is 5.58 Å². The van der Waals surface area contributed by atoms with Crippen LogP contribution in [0.15, 0.2) is 61.0 Å². The van der Waals surface area contributed by atoms with Gasteiger partial charge in [-0.2, -0.15) is 0 Å². The van der Waals surface area contributed by atoms with Crippen molar-refractivity contribution in [1.82, 2.24) is 4.98 Å². The first-order valence-electron chi connectivity index (χ1n) is 5.85. The minimum absolute atomic E-state index is 0.137. The number of hydrogen-bond donors (Lipinski definition) is 2. The summed E-state index contributed by atoms with van der Waals surface area (Å²) in [4.78, 5) is 13.7. The number of sulfonamides is 1. The number of aromatic nitrogens is 1. The quantitative estimate of drug-likeness (QED) is 0.743. The fraction of sp³-hybridized carbons (Fsp3) is 0. The van der Waals surface area contributed by atoms with E-state index in [0.717, 1.165) is 0 Å². The highest BCUT2D eigenvalue weighted by Crippen LogP contribution is 2.21. The molecule has 0 aliphatic carbocycles. The minimum atomic E-state index is -3.70. The van der Waals surface area contributed by atoms with E-state index in [2.05, 4.69) is 25.6 Å². The van der Waals surface area contributed by atoms with E-state index in [4.69, 9.17) is 4.42 Å². The summed E-state index contributed by atoms with van der Waals surface area (Å²) in [7, 11) is -3.70. The molecule has 0 atom stereocenters. The molecule has 0 unspecified atom stereocenters. The summed E-state index contributed by atoms with van der Waals surface area (Å²) in [5.41, 5.74) is 1.12. The van der Waals surface area contributed by atoms with Crippen molar-refractivity contribution in [2.45, 2.75) is 4.90 Å². The van der Waals surface area contributed by atoms with Gasteiger partial charge in [0, 0.05) is 4.47 Å². The zero-order valence-corrected chi connectivity index (χ0v) is 12.9. The normalized spacial score (nSPS) is 11.7. The second kappa shape index (κ2) is 5.05. The third-order valence-electron chi connectivity index (χ3n) is 2.78. The van der Waals surface area contributed by atoms with E-state index in [1.807, 2.05) is 0 Å². The van der Waals surface area contributed by atoms with Gasteiger partial charge in [-0.1, -0.05) is 22.0 Å². The summed E-state index contributed by atoms with van der Waals surface area (Å²) in [6, 6.07) is 10.9. The molecule has 0 fully saturated rings. The van der Waals surface area contributed by atoms with E-state index in [-0.39, 0.29) is 4.90 Å². The van der Waals surface area contributed by atoms with Crippen LogP contribution in [0.25, 0.3) is 11.1 Å². The van der Waals surface area contributed by atoms with E-state index in [1.54, 1.807) is 12.1 Å². The molecule has 8 heteroatoms. The number of H-pyrrole nitrogens is 1. The number of benzene rings is 2. The lowest BCUT2D eigenvalue weighted by Crippen LogP contribution is -2.12. The Kier molecular flexibility index (Phi) is 3.34. The van der Waals surface area contributed by atoms with Crippen molar-refractivity contribution >= 4 is 42.7 Å². The molecule has 1 aromatic heterocycles. The lowest BCUT2D eigenvalue weighted by molar-refractivity contribution is 0.555. The Morgan fingerprint density at radius 1 is 1.14 bits per heavy atom. The van der Waals surface area contributed by atoms with Gasteiger partial charge in [0.1, 0.15) is 0 Å². The molecule has 0 bridgehead atoms. The molecule has 0 spiro atoms. The molecule has 0 radical (unpaired) electrons. The Labute approximate surface area is 128 Å². The highest BCUT2D eigenvalue weighted by atomic mass is 79.9. The predicted octanol–water partition coefficient (Wildman–Crippen LogP) is 2.68. The maximum atomic E-state index is 12.3. The summed E-state index contributed by atoms with van der Waals surface area (Å²) in [6.07, 6.45) is 0. The topological polar surface area (TPSA) is 92.2 Å². The van der Waals surface area contributed by atoms with Crippen LogP contribution >= 0.6 is 15.9 Å². The Bertz CT molecular complexity index is 975. The monoisotopic (exact) mass is 368 g/mol. The standard InChI is InChI=1S/C13H9BrN2O4S/c14-8-2-1-3-10(6-8)21(18,19)16-9-4-5-12-11(7-9)15-13(17)20-12/h1-7,16H,(H,15,17). The number of oxazole rings is 1. The highest BCUT2D eigenvalue weighted by Gasteiger charge is 2.15. The van der Waals surface area contributed by atoms with Crippen LogP contribution in [-0.4, -0.2) is 13.4 Å². The molecule has 0 aliphatic heterocycles. The zero-order valence-electron chi connectivity index (χ0n) is 10.5. The summed E-state index contributed by atoms with van der Waals surface area (Å²) < 4.78 is 32.5. The minimum Gasteiger partial charge on any atom is -0.408 e. The Hall–Kier alpha value is -2.06. The summed E-state index contributed by atoms with van der Waals surface area (Å²) >= 11 is 3.23. The highest BCUT2D eigenvalue weighted by molar-refractivity contribution is 9.10. The van der Waals surface area contributed by atoms with Crippen LogP contribution in [0.2, 0.25) is 0 Å².